The summed E-state index contributed by atoms with van der Waals surface area (Å²) in [5.74, 6) is -3.68. The Balaban J connectivity index is 2.12. The van der Waals surface area contributed by atoms with Crippen molar-refractivity contribution in [3.8, 4) is 0 Å². The van der Waals surface area contributed by atoms with E-state index < -0.39 is 47.9 Å². The van der Waals surface area contributed by atoms with Crippen LogP contribution in [0, 0.1) is 0 Å². The van der Waals surface area contributed by atoms with Gasteiger partial charge in [0, 0.05) is 24.7 Å². The zero-order valence-corrected chi connectivity index (χ0v) is 17.7. The van der Waals surface area contributed by atoms with Gasteiger partial charge in [0.15, 0.2) is 0 Å². The van der Waals surface area contributed by atoms with E-state index in [0.29, 0.717) is 18.7 Å². The molecule has 32 heavy (non-hydrogen) atoms. The SMILES string of the molecule is CC(NC(=O)C(Cc1cnc[nH]1)NC(=O)C(CCC(N)=O)NC(=O)C1CCCN1)C(=O)O. The van der Waals surface area contributed by atoms with Gasteiger partial charge in [0.05, 0.1) is 12.4 Å². The highest BCUT2D eigenvalue weighted by Gasteiger charge is 2.31. The maximum absolute atomic E-state index is 12.9. The number of nitrogens with zero attached hydrogens (tertiary/aromatic N) is 1. The van der Waals surface area contributed by atoms with Gasteiger partial charge >= 0.3 is 5.97 Å². The first-order valence-electron chi connectivity index (χ1n) is 10.3. The number of rotatable bonds is 12. The number of nitrogens with two attached hydrogens (primary N) is 1. The molecule has 1 saturated heterocycles. The van der Waals surface area contributed by atoms with Gasteiger partial charge in [-0.15, -0.1) is 0 Å². The monoisotopic (exact) mass is 451 g/mol. The lowest BCUT2D eigenvalue weighted by molar-refractivity contribution is -0.141. The molecular weight excluding hydrogens is 422 g/mol. The standard InChI is InChI=1S/C19H29N7O6/c1-10(19(31)32)24-18(30)14(7-11-8-21-9-23-11)26-17(29)13(4-5-15(20)27)25-16(28)12-3-2-6-22-12/h8-10,12-14,22H,2-7H2,1H3,(H2,20,27)(H,21,23)(H,24,30)(H,25,28)(H,26,29)(H,31,32). The Kier molecular flexibility index (Phi) is 9.13. The minimum atomic E-state index is -1.24. The summed E-state index contributed by atoms with van der Waals surface area (Å²) in [5.41, 5.74) is 5.72. The lowest BCUT2D eigenvalue weighted by Crippen LogP contribution is -2.57. The van der Waals surface area contributed by atoms with Crippen LogP contribution < -0.4 is 27.0 Å². The molecule has 0 aromatic carbocycles. The molecule has 1 aliphatic rings. The zero-order chi connectivity index (χ0) is 23.7. The lowest BCUT2D eigenvalue weighted by atomic mass is 10.1. The fraction of sp³-hybridized carbons (Fsp3) is 0.579. The van der Waals surface area contributed by atoms with Crippen LogP contribution in [0.1, 0.15) is 38.3 Å². The Morgan fingerprint density at radius 1 is 1.19 bits per heavy atom. The van der Waals surface area contributed by atoms with E-state index in [1.165, 1.54) is 19.4 Å². The van der Waals surface area contributed by atoms with Crippen molar-refractivity contribution >= 4 is 29.6 Å². The van der Waals surface area contributed by atoms with Gasteiger partial charge in [-0.2, -0.15) is 0 Å². The molecule has 4 amide bonds. The molecular formula is C19H29N7O6. The Morgan fingerprint density at radius 2 is 1.91 bits per heavy atom. The second-order valence-corrected chi connectivity index (χ2v) is 7.63. The van der Waals surface area contributed by atoms with Crippen LogP contribution in [0.2, 0.25) is 0 Å². The highest BCUT2D eigenvalue weighted by Crippen LogP contribution is 2.08. The molecule has 0 saturated carbocycles. The van der Waals surface area contributed by atoms with Crippen LogP contribution in [0.15, 0.2) is 12.5 Å². The molecule has 2 heterocycles. The minimum absolute atomic E-state index is 0.00454. The number of carbonyl (C=O) groups is 5. The average molecular weight is 451 g/mol. The molecule has 4 atom stereocenters. The summed E-state index contributed by atoms with van der Waals surface area (Å²) in [5, 5.41) is 19.5. The quantitative estimate of drug-likeness (QED) is 0.181. The fourth-order valence-electron chi connectivity index (χ4n) is 3.21. The van der Waals surface area contributed by atoms with Gasteiger partial charge in [0.1, 0.15) is 18.1 Å². The second kappa shape index (κ2) is 11.8. The molecule has 1 aromatic rings. The van der Waals surface area contributed by atoms with E-state index in [2.05, 4.69) is 31.2 Å². The van der Waals surface area contributed by atoms with Gasteiger partial charge in [0.25, 0.3) is 0 Å². The smallest absolute Gasteiger partial charge is 0.325 e. The molecule has 0 radical (unpaired) electrons. The van der Waals surface area contributed by atoms with Crippen molar-refractivity contribution in [2.45, 2.75) is 63.2 Å². The molecule has 13 nitrogen and oxygen atoms in total. The highest BCUT2D eigenvalue weighted by atomic mass is 16.4. The molecule has 8 N–H and O–H groups in total. The number of carbonyl (C=O) groups excluding carboxylic acids is 4. The van der Waals surface area contributed by atoms with Crippen LogP contribution >= 0.6 is 0 Å². The third kappa shape index (κ3) is 7.65. The van der Waals surface area contributed by atoms with Crippen LogP contribution in [-0.2, 0) is 30.4 Å². The third-order valence-electron chi connectivity index (χ3n) is 5.03. The number of hydrogen-bond acceptors (Lipinski definition) is 7. The number of carboxylic acid groups (broad SMARTS) is 1. The van der Waals surface area contributed by atoms with Crippen molar-refractivity contribution in [1.29, 1.82) is 0 Å². The average Bonchev–Trinajstić information content (AvgIpc) is 3.44. The Labute approximate surface area is 184 Å². The summed E-state index contributed by atoms with van der Waals surface area (Å²) in [6.45, 7) is 1.98. The van der Waals surface area contributed by atoms with Gasteiger partial charge in [-0.3, -0.25) is 24.0 Å². The summed E-state index contributed by atoms with van der Waals surface area (Å²) >= 11 is 0. The van der Waals surface area contributed by atoms with E-state index in [-0.39, 0.29) is 25.2 Å². The number of aromatic nitrogens is 2. The van der Waals surface area contributed by atoms with Gasteiger partial charge in [0.2, 0.25) is 23.6 Å². The van der Waals surface area contributed by atoms with E-state index in [4.69, 9.17) is 10.8 Å². The van der Waals surface area contributed by atoms with E-state index in [1.54, 1.807) is 0 Å². The van der Waals surface area contributed by atoms with Gasteiger partial charge in [-0.05, 0) is 32.7 Å². The molecule has 1 fully saturated rings. The minimum Gasteiger partial charge on any atom is -0.480 e. The van der Waals surface area contributed by atoms with Crippen LogP contribution in [0.3, 0.4) is 0 Å². The number of carboxylic acids is 1. The number of aliphatic carboxylic acids is 1. The molecule has 0 spiro atoms. The van der Waals surface area contributed by atoms with Gasteiger partial charge in [-0.25, -0.2) is 4.98 Å². The summed E-state index contributed by atoms with van der Waals surface area (Å²) in [6, 6.07) is -3.88. The maximum Gasteiger partial charge on any atom is 0.325 e. The van der Waals surface area contributed by atoms with Gasteiger partial charge in [-0.1, -0.05) is 0 Å². The summed E-state index contributed by atoms with van der Waals surface area (Å²) in [4.78, 5) is 67.1. The fourth-order valence-corrected chi connectivity index (χ4v) is 3.21. The Morgan fingerprint density at radius 3 is 2.47 bits per heavy atom. The van der Waals surface area contributed by atoms with Crippen LogP contribution in [0.5, 0.6) is 0 Å². The first-order valence-corrected chi connectivity index (χ1v) is 10.3. The predicted octanol–water partition coefficient (Wildman–Crippen LogP) is -2.47. The molecule has 4 unspecified atom stereocenters. The molecule has 176 valence electrons. The molecule has 0 aliphatic carbocycles. The molecule has 0 bridgehead atoms. The summed E-state index contributed by atoms with van der Waals surface area (Å²) in [6.07, 6.45) is 4.11. The van der Waals surface area contributed by atoms with Crippen LogP contribution in [0.25, 0.3) is 0 Å². The van der Waals surface area contributed by atoms with Crippen molar-refractivity contribution in [3.05, 3.63) is 18.2 Å². The number of imidazole rings is 1. The van der Waals surface area contributed by atoms with Crippen molar-refractivity contribution in [3.63, 3.8) is 0 Å². The number of primary amides is 1. The first kappa shape index (κ1) is 24.8. The first-order chi connectivity index (χ1) is 15.2. The van der Waals surface area contributed by atoms with E-state index >= 15 is 0 Å². The van der Waals surface area contributed by atoms with E-state index in [1.807, 2.05) is 0 Å². The predicted molar refractivity (Wildman–Crippen MR) is 111 cm³/mol. The van der Waals surface area contributed by atoms with Crippen LogP contribution in [-0.4, -0.2) is 75.4 Å². The number of hydrogen-bond donors (Lipinski definition) is 7. The second-order valence-electron chi connectivity index (χ2n) is 7.63. The lowest BCUT2D eigenvalue weighted by Gasteiger charge is -2.24. The normalized spacial score (nSPS) is 18.2. The van der Waals surface area contributed by atoms with E-state index in [9.17, 15) is 24.0 Å². The number of nitrogens with one attached hydrogen (secondary N) is 5. The van der Waals surface area contributed by atoms with Crippen LogP contribution in [0.4, 0.5) is 0 Å². The van der Waals surface area contributed by atoms with Crippen molar-refractivity contribution in [2.75, 3.05) is 6.54 Å². The van der Waals surface area contributed by atoms with Gasteiger partial charge < -0.3 is 37.1 Å². The number of aromatic amines is 1. The Hall–Kier alpha value is -3.48. The molecule has 1 aromatic heterocycles. The summed E-state index contributed by atoms with van der Waals surface area (Å²) in [7, 11) is 0. The summed E-state index contributed by atoms with van der Waals surface area (Å²) < 4.78 is 0. The molecule has 13 heteroatoms. The van der Waals surface area contributed by atoms with Crippen molar-refractivity contribution in [1.82, 2.24) is 31.2 Å². The third-order valence-corrected chi connectivity index (χ3v) is 5.03. The van der Waals surface area contributed by atoms with E-state index in [0.717, 1.165) is 6.42 Å². The van der Waals surface area contributed by atoms with Crippen molar-refractivity contribution < 1.29 is 29.1 Å². The Bertz CT molecular complexity index is 822. The molecule has 2 rings (SSSR count). The number of H-pyrrole nitrogens is 1. The van der Waals surface area contributed by atoms with Crippen molar-refractivity contribution in [2.24, 2.45) is 5.73 Å². The molecule has 1 aliphatic heterocycles. The number of amides is 4. The zero-order valence-electron chi connectivity index (χ0n) is 17.7. The maximum atomic E-state index is 12.9. The largest absolute Gasteiger partial charge is 0.480 e. The highest BCUT2D eigenvalue weighted by molar-refractivity contribution is 5.94. The topological polar surface area (TPSA) is 208 Å².